The first-order chi connectivity index (χ1) is 5.34. The molecular weight excluding hydrogens is 146 g/mol. The van der Waals surface area contributed by atoms with Gasteiger partial charge in [0, 0.05) is 19.6 Å². The average Bonchev–Trinajstić information content (AvgIpc) is 2.37. The van der Waals surface area contributed by atoms with E-state index >= 15 is 0 Å². The molecule has 1 rings (SSSR count). The monoisotopic (exact) mass is 159 g/mol. The van der Waals surface area contributed by atoms with Crippen molar-refractivity contribution in [2.45, 2.75) is 19.4 Å². The van der Waals surface area contributed by atoms with E-state index in [4.69, 9.17) is 9.47 Å². The van der Waals surface area contributed by atoms with Gasteiger partial charge in [0.05, 0.1) is 0 Å². The van der Waals surface area contributed by atoms with E-state index in [1.165, 1.54) is 0 Å². The van der Waals surface area contributed by atoms with Crippen molar-refractivity contribution in [1.82, 2.24) is 5.32 Å². The van der Waals surface area contributed by atoms with Crippen LogP contribution in [0.3, 0.4) is 0 Å². The largest absolute Gasteiger partial charge is 0.356 e. The molecule has 1 fully saturated rings. The van der Waals surface area contributed by atoms with Gasteiger partial charge in [0.15, 0.2) is 0 Å². The van der Waals surface area contributed by atoms with Gasteiger partial charge in [-0.05, 0) is 6.92 Å². The van der Waals surface area contributed by atoms with Crippen molar-refractivity contribution >= 4 is 5.91 Å². The second kappa shape index (κ2) is 4.31. The molecular formula is C7H13NO3. The van der Waals surface area contributed by atoms with Crippen LogP contribution in [0, 0.1) is 0 Å². The topological polar surface area (TPSA) is 47.6 Å². The summed E-state index contributed by atoms with van der Waals surface area (Å²) in [5.74, 6) is -0.0234. The molecule has 0 radical (unpaired) electrons. The zero-order chi connectivity index (χ0) is 8.10. The lowest BCUT2D eigenvalue weighted by Gasteiger charge is -2.07. The van der Waals surface area contributed by atoms with Gasteiger partial charge < -0.3 is 14.8 Å². The van der Waals surface area contributed by atoms with Crippen LogP contribution in [0.25, 0.3) is 0 Å². The van der Waals surface area contributed by atoms with E-state index in [0.29, 0.717) is 6.61 Å². The van der Waals surface area contributed by atoms with Gasteiger partial charge in [0.25, 0.3) is 0 Å². The summed E-state index contributed by atoms with van der Waals surface area (Å²) in [6, 6.07) is 0. The number of carbonyl (C=O) groups is 1. The Kier molecular flexibility index (Phi) is 3.32. The maximum Gasteiger partial charge on any atom is 0.249 e. The third-order valence-corrected chi connectivity index (χ3v) is 1.55. The zero-order valence-corrected chi connectivity index (χ0v) is 6.63. The molecule has 0 spiro atoms. The molecule has 0 aromatic heterocycles. The van der Waals surface area contributed by atoms with E-state index in [1.807, 2.05) is 6.92 Å². The standard InChI is InChI=1S/C7H13NO3/c1-2-10-5-11-6-3-4-8-7(6)9/h6H,2-5H2,1H3,(H,8,9). The van der Waals surface area contributed by atoms with Crippen LogP contribution >= 0.6 is 0 Å². The molecule has 4 nitrogen and oxygen atoms in total. The number of ether oxygens (including phenoxy) is 2. The minimum atomic E-state index is -0.290. The fraction of sp³-hybridized carbons (Fsp3) is 0.857. The molecule has 1 unspecified atom stereocenters. The van der Waals surface area contributed by atoms with Crippen molar-refractivity contribution in [3.8, 4) is 0 Å². The van der Waals surface area contributed by atoms with Gasteiger partial charge >= 0.3 is 0 Å². The van der Waals surface area contributed by atoms with Crippen LogP contribution in [-0.4, -0.2) is 32.0 Å². The van der Waals surface area contributed by atoms with Crippen LogP contribution in [0.5, 0.6) is 0 Å². The van der Waals surface area contributed by atoms with E-state index in [1.54, 1.807) is 0 Å². The van der Waals surface area contributed by atoms with Gasteiger partial charge in [0.2, 0.25) is 5.91 Å². The van der Waals surface area contributed by atoms with Crippen molar-refractivity contribution in [3.63, 3.8) is 0 Å². The van der Waals surface area contributed by atoms with E-state index in [-0.39, 0.29) is 18.8 Å². The van der Waals surface area contributed by atoms with Crippen LogP contribution < -0.4 is 5.32 Å². The maximum absolute atomic E-state index is 10.9. The summed E-state index contributed by atoms with van der Waals surface area (Å²) < 4.78 is 10.1. The first kappa shape index (κ1) is 8.49. The van der Waals surface area contributed by atoms with E-state index in [9.17, 15) is 4.79 Å². The number of amides is 1. The van der Waals surface area contributed by atoms with Gasteiger partial charge in [-0.2, -0.15) is 0 Å². The lowest BCUT2D eigenvalue weighted by molar-refractivity contribution is -0.139. The Morgan fingerprint density at radius 3 is 3.09 bits per heavy atom. The predicted molar refractivity (Wildman–Crippen MR) is 39.0 cm³/mol. The molecule has 1 aliphatic rings. The Morgan fingerprint density at radius 1 is 1.73 bits per heavy atom. The second-order valence-electron chi connectivity index (χ2n) is 2.35. The van der Waals surface area contributed by atoms with Crippen molar-refractivity contribution in [2.24, 2.45) is 0 Å². The fourth-order valence-corrected chi connectivity index (χ4v) is 0.944. The first-order valence-electron chi connectivity index (χ1n) is 3.81. The van der Waals surface area contributed by atoms with Gasteiger partial charge in [-0.15, -0.1) is 0 Å². The summed E-state index contributed by atoms with van der Waals surface area (Å²) in [5, 5.41) is 2.68. The highest BCUT2D eigenvalue weighted by Gasteiger charge is 2.24. The highest BCUT2D eigenvalue weighted by atomic mass is 16.7. The van der Waals surface area contributed by atoms with Gasteiger partial charge in [-0.3, -0.25) is 4.79 Å². The Bertz CT molecular complexity index is 138. The normalized spacial score (nSPS) is 23.7. The van der Waals surface area contributed by atoms with Gasteiger partial charge in [0.1, 0.15) is 12.9 Å². The summed E-state index contributed by atoms with van der Waals surface area (Å²) in [6.45, 7) is 3.44. The maximum atomic E-state index is 10.9. The number of hydrogen-bond acceptors (Lipinski definition) is 3. The SMILES string of the molecule is CCOCOC1CCNC1=O. The van der Waals surface area contributed by atoms with Crippen molar-refractivity contribution in [3.05, 3.63) is 0 Å². The molecule has 0 aromatic rings. The highest BCUT2D eigenvalue weighted by molar-refractivity contribution is 5.82. The highest BCUT2D eigenvalue weighted by Crippen LogP contribution is 2.04. The minimum absolute atomic E-state index is 0.0234. The summed E-state index contributed by atoms with van der Waals surface area (Å²) in [5.41, 5.74) is 0. The number of hydrogen-bond donors (Lipinski definition) is 1. The molecule has 4 heteroatoms. The molecule has 1 amide bonds. The lowest BCUT2D eigenvalue weighted by Crippen LogP contribution is -2.26. The second-order valence-corrected chi connectivity index (χ2v) is 2.35. The van der Waals surface area contributed by atoms with Crippen LogP contribution in [0.15, 0.2) is 0 Å². The van der Waals surface area contributed by atoms with Crippen LogP contribution in [0.1, 0.15) is 13.3 Å². The summed E-state index contributed by atoms with van der Waals surface area (Å²) >= 11 is 0. The third kappa shape index (κ3) is 2.48. The van der Waals surface area contributed by atoms with Crippen molar-refractivity contribution in [1.29, 1.82) is 0 Å². The molecule has 0 bridgehead atoms. The summed E-state index contributed by atoms with van der Waals surface area (Å²) in [4.78, 5) is 10.9. The molecule has 1 heterocycles. The smallest absolute Gasteiger partial charge is 0.249 e. The number of rotatable bonds is 4. The van der Waals surface area contributed by atoms with Gasteiger partial charge in [-0.25, -0.2) is 0 Å². The van der Waals surface area contributed by atoms with E-state index < -0.39 is 0 Å². The summed E-state index contributed by atoms with van der Waals surface area (Å²) in [6.07, 6.45) is 0.466. The molecule has 1 atom stereocenters. The fourth-order valence-electron chi connectivity index (χ4n) is 0.944. The molecule has 0 aromatic carbocycles. The average molecular weight is 159 g/mol. The van der Waals surface area contributed by atoms with E-state index in [2.05, 4.69) is 5.32 Å². The molecule has 0 saturated carbocycles. The molecule has 1 N–H and O–H groups in total. The molecule has 64 valence electrons. The van der Waals surface area contributed by atoms with Gasteiger partial charge in [-0.1, -0.05) is 0 Å². The predicted octanol–water partition coefficient (Wildman–Crippen LogP) is -0.115. The van der Waals surface area contributed by atoms with Crippen LogP contribution in [0.4, 0.5) is 0 Å². The Hall–Kier alpha value is -0.610. The van der Waals surface area contributed by atoms with E-state index in [0.717, 1.165) is 13.0 Å². The lowest BCUT2D eigenvalue weighted by atomic mass is 10.3. The summed E-state index contributed by atoms with van der Waals surface area (Å²) in [7, 11) is 0. The molecule has 11 heavy (non-hydrogen) atoms. The molecule has 0 aliphatic carbocycles. The Balaban J connectivity index is 2.10. The number of carbonyl (C=O) groups excluding carboxylic acids is 1. The Morgan fingerprint density at radius 2 is 2.55 bits per heavy atom. The van der Waals surface area contributed by atoms with Crippen molar-refractivity contribution in [2.75, 3.05) is 19.9 Å². The molecule has 1 saturated heterocycles. The van der Waals surface area contributed by atoms with Crippen LogP contribution in [0.2, 0.25) is 0 Å². The minimum Gasteiger partial charge on any atom is -0.356 e. The third-order valence-electron chi connectivity index (χ3n) is 1.55. The molecule has 1 aliphatic heterocycles. The zero-order valence-electron chi connectivity index (χ0n) is 6.63. The Labute approximate surface area is 65.9 Å². The first-order valence-corrected chi connectivity index (χ1v) is 3.81. The van der Waals surface area contributed by atoms with Crippen molar-refractivity contribution < 1.29 is 14.3 Å². The quantitative estimate of drug-likeness (QED) is 0.459. The van der Waals surface area contributed by atoms with Crippen LogP contribution in [-0.2, 0) is 14.3 Å². The number of nitrogens with one attached hydrogen (secondary N) is 1.